The normalized spacial score (nSPS) is 19.4. The van der Waals surface area contributed by atoms with Crippen LogP contribution in [0.2, 0.25) is 0 Å². The van der Waals surface area contributed by atoms with Crippen LogP contribution >= 0.6 is 0 Å². The van der Waals surface area contributed by atoms with Crippen molar-refractivity contribution in [2.45, 2.75) is 45.6 Å². The van der Waals surface area contributed by atoms with Crippen molar-refractivity contribution < 1.29 is 14.3 Å². The Hall–Kier alpha value is -2.04. The Balaban J connectivity index is 1.47. The van der Waals surface area contributed by atoms with Crippen molar-refractivity contribution in [1.29, 1.82) is 0 Å². The zero-order valence-corrected chi connectivity index (χ0v) is 15.2. The highest BCUT2D eigenvalue weighted by atomic mass is 16.5. The monoisotopic (exact) mass is 344 g/mol. The van der Waals surface area contributed by atoms with Gasteiger partial charge in [0.05, 0.1) is 6.61 Å². The fraction of sp³-hybridized carbons (Fsp3) is 0.600. The maximum absolute atomic E-state index is 12.6. The molecule has 2 aliphatic rings. The maximum atomic E-state index is 12.6. The minimum absolute atomic E-state index is 0.0548. The molecule has 1 saturated heterocycles. The van der Waals surface area contributed by atoms with E-state index in [9.17, 15) is 9.59 Å². The largest absolute Gasteiger partial charge is 0.494 e. The summed E-state index contributed by atoms with van der Waals surface area (Å²) < 4.78 is 5.41. The van der Waals surface area contributed by atoms with Gasteiger partial charge in [0.25, 0.3) is 5.91 Å². The number of carbonyl (C=O) groups excluding carboxylic acids is 2. The van der Waals surface area contributed by atoms with Crippen LogP contribution in [0.25, 0.3) is 0 Å². The first-order valence-corrected chi connectivity index (χ1v) is 9.41. The third-order valence-corrected chi connectivity index (χ3v) is 5.28. The lowest BCUT2D eigenvalue weighted by atomic mass is 10.0. The summed E-state index contributed by atoms with van der Waals surface area (Å²) in [5.41, 5.74) is 0.688. The molecule has 0 spiro atoms. The number of likely N-dealkylation sites (tertiary alicyclic amines) is 1. The average Bonchev–Trinajstić information content (AvgIpc) is 3.47. The number of carbonyl (C=O) groups is 2. The van der Waals surface area contributed by atoms with E-state index >= 15 is 0 Å². The van der Waals surface area contributed by atoms with Gasteiger partial charge in [0.15, 0.2) is 0 Å². The highest BCUT2D eigenvalue weighted by molar-refractivity contribution is 5.94. The van der Waals surface area contributed by atoms with Crippen molar-refractivity contribution in [3.63, 3.8) is 0 Å². The van der Waals surface area contributed by atoms with Gasteiger partial charge in [-0.1, -0.05) is 6.92 Å². The van der Waals surface area contributed by atoms with Gasteiger partial charge in [-0.2, -0.15) is 0 Å². The Morgan fingerprint density at radius 2 is 1.80 bits per heavy atom. The molecule has 1 unspecified atom stereocenters. The van der Waals surface area contributed by atoms with Crippen molar-refractivity contribution >= 4 is 11.8 Å². The second kappa shape index (κ2) is 7.89. The van der Waals surface area contributed by atoms with Crippen LogP contribution in [0.15, 0.2) is 24.3 Å². The highest BCUT2D eigenvalue weighted by Crippen LogP contribution is 2.36. The molecule has 1 N–H and O–H groups in total. The number of benzene rings is 1. The van der Waals surface area contributed by atoms with Crippen LogP contribution in [0, 0.1) is 11.8 Å². The number of piperidine rings is 1. The summed E-state index contributed by atoms with van der Waals surface area (Å²) in [6.07, 6.45) is 4.02. The van der Waals surface area contributed by atoms with Crippen LogP contribution in [0.5, 0.6) is 5.75 Å². The van der Waals surface area contributed by atoms with E-state index in [1.807, 2.05) is 43.0 Å². The third-order valence-electron chi connectivity index (χ3n) is 5.28. The number of nitrogens with one attached hydrogen (secondary N) is 1. The zero-order valence-electron chi connectivity index (χ0n) is 15.2. The SMILES string of the molecule is CCOc1ccc(C(=O)N2CCC(NC(=O)C(C)C3CC3)CC2)cc1. The molecule has 1 aromatic carbocycles. The minimum atomic E-state index is 0.0548. The number of amides is 2. The smallest absolute Gasteiger partial charge is 0.253 e. The van der Waals surface area contributed by atoms with Gasteiger partial charge in [-0.3, -0.25) is 9.59 Å². The van der Waals surface area contributed by atoms with Gasteiger partial charge in [0.1, 0.15) is 5.75 Å². The summed E-state index contributed by atoms with van der Waals surface area (Å²) >= 11 is 0. The van der Waals surface area contributed by atoms with Gasteiger partial charge in [-0.05, 0) is 62.8 Å². The van der Waals surface area contributed by atoms with Crippen molar-refractivity contribution in [3.8, 4) is 5.75 Å². The molecule has 1 aliphatic heterocycles. The number of ether oxygens (including phenoxy) is 1. The molecule has 0 radical (unpaired) electrons. The van der Waals surface area contributed by atoms with Crippen LogP contribution in [0.3, 0.4) is 0 Å². The second-order valence-electron chi connectivity index (χ2n) is 7.16. The molecule has 3 rings (SSSR count). The van der Waals surface area contributed by atoms with E-state index < -0.39 is 0 Å². The molecule has 1 saturated carbocycles. The minimum Gasteiger partial charge on any atom is -0.494 e. The summed E-state index contributed by atoms with van der Waals surface area (Å²) in [5.74, 6) is 1.73. The molecule has 2 amide bonds. The zero-order chi connectivity index (χ0) is 17.8. The summed E-state index contributed by atoms with van der Waals surface area (Å²) in [5, 5.41) is 3.17. The van der Waals surface area contributed by atoms with Crippen LogP contribution in [-0.4, -0.2) is 42.5 Å². The summed E-state index contributed by atoms with van der Waals surface area (Å²) in [7, 11) is 0. The molecule has 1 heterocycles. The predicted molar refractivity (Wildman–Crippen MR) is 96.6 cm³/mol. The average molecular weight is 344 g/mol. The molecular formula is C20H28N2O3. The topological polar surface area (TPSA) is 58.6 Å². The molecule has 0 aromatic heterocycles. The van der Waals surface area contributed by atoms with Gasteiger partial charge < -0.3 is 15.0 Å². The second-order valence-corrected chi connectivity index (χ2v) is 7.16. The maximum Gasteiger partial charge on any atom is 0.253 e. The van der Waals surface area contributed by atoms with Crippen molar-refractivity contribution in [3.05, 3.63) is 29.8 Å². The number of hydrogen-bond acceptors (Lipinski definition) is 3. The first-order valence-electron chi connectivity index (χ1n) is 9.41. The molecule has 1 atom stereocenters. The van der Waals surface area contributed by atoms with E-state index in [0.717, 1.165) is 18.6 Å². The Morgan fingerprint density at radius 1 is 1.16 bits per heavy atom. The van der Waals surface area contributed by atoms with Gasteiger partial charge in [-0.25, -0.2) is 0 Å². The fourth-order valence-corrected chi connectivity index (χ4v) is 3.41. The standard InChI is InChI=1S/C20H28N2O3/c1-3-25-18-8-6-16(7-9-18)20(24)22-12-10-17(11-13-22)21-19(23)14(2)15-4-5-15/h6-9,14-15,17H,3-5,10-13H2,1-2H3,(H,21,23). The lowest BCUT2D eigenvalue weighted by molar-refractivity contribution is -0.126. The van der Waals surface area contributed by atoms with E-state index in [1.165, 1.54) is 12.8 Å². The Morgan fingerprint density at radius 3 is 2.36 bits per heavy atom. The molecule has 0 bridgehead atoms. The van der Waals surface area contributed by atoms with E-state index in [4.69, 9.17) is 4.74 Å². The lowest BCUT2D eigenvalue weighted by Gasteiger charge is -2.33. The number of rotatable bonds is 6. The van der Waals surface area contributed by atoms with Gasteiger partial charge in [0.2, 0.25) is 5.91 Å². The van der Waals surface area contributed by atoms with Gasteiger partial charge >= 0.3 is 0 Å². The first kappa shape index (κ1) is 17.8. The molecule has 1 aromatic rings. The predicted octanol–water partition coefficient (Wildman–Crippen LogP) is 2.85. The van der Waals surface area contributed by atoms with Crippen molar-refractivity contribution in [2.75, 3.05) is 19.7 Å². The molecular weight excluding hydrogens is 316 g/mol. The third kappa shape index (κ3) is 4.53. The van der Waals surface area contributed by atoms with Gasteiger partial charge in [0, 0.05) is 30.6 Å². The van der Waals surface area contributed by atoms with E-state index in [-0.39, 0.29) is 23.8 Å². The first-order chi connectivity index (χ1) is 12.1. The number of hydrogen-bond donors (Lipinski definition) is 1. The highest BCUT2D eigenvalue weighted by Gasteiger charge is 2.34. The van der Waals surface area contributed by atoms with Crippen LogP contribution < -0.4 is 10.1 Å². The van der Waals surface area contributed by atoms with E-state index in [2.05, 4.69) is 5.32 Å². The molecule has 25 heavy (non-hydrogen) atoms. The number of nitrogens with zero attached hydrogens (tertiary/aromatic N) is 1. The fourth-order valence-electron chi connectivity index (χ4n) is 3.41. The molecule has 1 aliphatic carbocycles. The van der Waals surface area contributed by atoms with Crippen LogP contribution in [-0.2, 0) is 4.79 Å². The molecule has 5 nitrogen and oxygen atoms in total. The molecule has 5 heteroatoms. The van der Waals surface area contributed by atoms with E-state index in [0.29, 0.717) is 31.2 Å². The lowest BCUT2D eigenvalue weighted by Crippen LogP contribution is -2.47. The summed E-state index contributed by atoms with van der Waals surface area (Å²) in [6.45, 7) is 5.96. The Labute approximate surface area is 149 Å². The quantitative estimate of drug-likeness (QED) is 0.863. The molecule has 2 fully saturated rings. The van der Waals surface area contributed by atoms with Crippen molar-refractivity contribution in [2.24, 2.45) is 11.8 Å². The van der Waals surface area contributed by atoms with Crippen LogP contribution in [0.4, 0.5) is 0 Å². The van der Waals surface area contributed by atoms with Crippen molar-refractivity contribution in [1.82, 2.24) is 10.2 Å². The van der Waals surface area contributed by atoms with Crippen LogP contribution in [0.1, 0.15) is 49.9 Å². The Bertz CT molecular complexity index is 602. The van der Waals surface area contributed by atoms with Gasteiger partial charge in [-0.15, -0.1) is 0 Å². The summed E-state index contributed by atoms with van der Waals surface area (Å²) in [4.78, 5) is 26.7. The summed E-state index contributed by atoms with van der Waals surface area (Å²) in [6, 6.07) is 7.50. The molecule has 136 valence electrons. The Kier molecular flexibility index (Phi) is 5.61. The van der Waals surface area contributed by atoms with E-state index in [1.54, 1.807) is 0 Å².